The Hall–Kier alpha value is -3.80. The van der Waals surface area contributed by atoms with Crippen molar-refractivity contribution in [1.29, 1.82) is 0 Å². The quantitative estimate of drug-likeness (QED) is 0.301. The van der Waals surface area contributed by atoms with Crippen molar-refractivity contribution in [1.82, 2.24) is 29.1 Å². The monoisotopic (exact) mass is 611 g/mol. The molecule has 4 heterocycles. The fourth-order valence-electron chi connectivity index (χ4n) is 6.14. The predicted molar refractivity (Wildman–Crippen MR) is 160 cm³/mol. The van der Waals surface area contributed by atoms with Gasteiger partial charge >= 0.3 is 17.9 Å². The van der Waals surface area contributed by atoms with E-state index in [4.69, 9.17) is 34.0 Å². The van der Waals surface area contributed by atoms with Crippen LogP contribution in [0.5, 0.6) is 0 Å². The molecule has 3 N–H and O–H groups in total. The van der Waals surface area contributed by atoms with Gasteiger partial charge in [0.05, 0.1) is 33.3 Å². The Morgan fingerprint density at radius 2 is 1.83 bits per heavy atom. The first-order valence-corrected chi connectivity index (χ1v) is 14.8. The number of aryl methyl sites for hydroxylation is 1. The molecule has 0 radical (unpaired) electrons. The fraction of sp³-hybridized carbons (Fsp3) is 0.379. The maximum absolute atomic E-state index is 12.6. The normalized spacial score (nSPS) is 16.1. The molecule has 0 unspecified atom stereocenters. The van der Waals surface area contributed by atoms with Crippen molar-refractivity contribution in [3.63, 3.8) is 0 Å². The fourth-order valence-corrected chi connectivity index (χ4v) is 6.44. The van der Waals surface area contributed by atoms with Crippen LogP contribution < -0.4 is 11.4 Å². The number of rotatable bonds is 6. The van der Waals surface area contributed by atoms with Gasteiger partial charge in [0.25, 0.3) is 0 Å². The molecule has 0 bridgehead atoms. The lowest BCUT2D eigenvalue weighted by Gasteiger charge is -2.32. The number of likely N-dealkylation sites (tertiary alicyclic amines) is 1. The van der Waals surface area contributed by atoms with E-state index in [0.29, 0.717) is 35.2 Å². The number of benzene rings is 2. The van der Waals surface area contributed by atoms with E-state index < -0.39 is 12.2 Å². The third-order valence-corrected chi connectivity index (χ3v) is 8.90. The average molecular weight is 613 g/mol. The van der Waals surface area contributed by atoms with E-state index in [1.807, 2.05) is 39.6 Å². The summed E-state index contributed by atoms with van der Waals surface area (Å²) in [5.41, 5.74) is 10.3. The van der Waals surface area contributed by atoms with E-state index in [9.17, 15) is 14.4 Å². The Labute approximate surface area is 251 Å². The molecule has 2 amide bonds. The van der Waals surface area contributed by atoms with Crippen LogP contribution in [0.15, 0.2) is 47.3 Å². The maximum Gasteiger partial charge on any atom is 0.419 e. The van der Waals surface area contributed by atoms with Crippen molar-refractivity contribution < 1.29 is 14.3 Å². The van der Waals surface area contributed by atoms with Crippen molar-refractivity contribution in [3.05, 3.63) is 74.3 Å². The first kappa shape index (κ1) is 28.3. The lowest BCUT2D eigenvalue weighted by Crippen LogP contribution is -2.39. The molecule has 0 atom stereocenters. The van der Waals surface area contributed by atoms with Gasteiger partial charge in [0.2, 0.25) is 0 Å². The number of ether oxygens (including phenoxy) is 1. The number of hydrogen-bond acceptors (Lipinski definition) is 6. The summed E-state index contributed by atoms with van der Waals surface area (Å²) in [5, 5.41) is 5.80. The second-order valence-corrected chi connectivity index (χ2v) is 11.5. The summed E-state index contributed by atoms with van der Waals surface area (Å²) in [5.74, 6) is 0. The minimum Gasteiger partial charge on any atom is -0.359 e. The number of imidazole rings is 1. The number of nitrogens with one attached hydrogen (secondary N) is 1. The third kappa shape index (κ3) is 5.64. The zero-order valence-corrected chi connectivity index (χ0v) is 24.4. The van der Waals surface area contributed by atoms with Gasteiger partial charge in [0.15, 0.2) is 0 Å². The number of para-hydroxylation sites is 2. The van der Waals surface area contributed by atoms with Crippen molar-refractivity contribution in [2.45, 2.75) is 44.8 Å². The third-order valence-electron chi connectivity index (χ3n) is 8.16. The summed E-state index contributed by atoms with van der Waals surface area (Å²) in [6.45, 7) is 4.06. The van der Waals surface area contributed by atoms with Gasteiger partial charge in [-0.1, -0.05) is 41.4 Å². The highest BCUT2D eigenvalue weighted by atomic mass is 35.5. The second-order valence-electron chi connectivity index (χ2n) is 10.7. The first-order valence-electron chi connectivity index (χ1n) is 14.0. The van der Waals surface area contributed by atoms with Crippen molar-refractivity contribution >= 4 is 46.4 Å². The smallest absolute Gasteiger partial charge is 0.359 e. The molecule has 2 aromatic heterocycles. The van der Waals surface area contributed by atoms with Crippen LogP contribution >= 0.6 is 23.2 Å². The molecular formula is C29H31Cl2N7O4. The molecule has 42 heavy (non-hydrogen) atoms. The molecule has 0 spiro atoms. The topological polar surface area (TPSA) is 131 Å². The largest absolute Gasteiger partial charge is 0.419 e. The number of carbonyl (C=O) groups excluding carboxylic acids is 2. The highest BCUT2D eigenvalue weighted by Gasteiger charge is 2.30. The maximum atomic E-state index is 12.6. The number of primary amides is 1. The number of nitrogens with two attached hydrogens (primary N) is 1. The van der Waals surface area contributed by atoms with Gasteiger partial charge in [0.1, 0.15) is 0 Å². The first-order chi connectivity index (χ1) is 20.3. The van der Waals surface area contributed by atoms with E-state index in [2.05, 4.69) is 14.6 Å². The molecule has 13 heteroatoms. The number of carbonyl (C=O) groups is 2. The Balaban J connectivity index is 1.13. The Morgan fingerprint density at radius 1 is 1.05 bits per heavy atom. The summed E-state index contributed by atoms with van der Waals surface area (Å²) >= 11 is 12.5. The molecule has 220 valence electrons. The molecular weight excluding hydrogens is 581 g/mol. The van der Waals surface area contributed by atoms with Crippen LogP contribution in [0.25, 0.3) is 22.3 Å². The molecule has 2 aliphatic heterocycles. The Kier molecular flexibility index (Phi) is 7.98. The van der Waals surface area contributed by atoms with Gasteiger partial charge in [0, 0.05) is 55.5 Å². The van der Waals surface area contributed by atoms with Crippen LogP contribution in [0.3, 0.4) is 0 Å². The number of H-pyrrole nitrogens is 1. The second kappa shape index (κ2) is 11.8. The SMILES string of the molecule is NC(=O)OC(=O)N1CCc2c(c(-c3ccc(Cl)c(Cl)c3)nn2CCCN2CCC(n3c(=O)[nH]c4ccccc43)CC2)C1. The number of halogens is 2. The van der Waals surface area contributed by atoms with Gasteiger partial charge in [-0.3, -0.25) is 9.25 Å². The number of fused-ring (bicyclic) bond motifs is 2. The standard InChI is InChI=1S/C29H31Cl2N7O4/c30-21-7-6-18(16-22(21)31)26-20-17-36(29(41)42-27(32)39)15-10-24(20)37(34-26)12-3-11-35-13-8-19(9-14-35)38-25-5-2-1-4-23(25)33-28(38)40/h1-2,4-7,16,19H,3,8-15,17H2,(H2,32,39)(H,33,40). The summed E-state index contributed by atoms with van der Waals surface area (Å²) in [6.07, 6.45) is 1.36. The molecule has 6 rings (SSSR count). The molecule has 2 aliphatic rings. The van der Waals surface area contributed by atoms with Gasteiger partial charge < -0.3 is 25.3 Å². The van der Waals surface area contributed by atoms with Crippen LogP contribution in [-0.2, 0) is 24.2 Å². The number of nitrogens with zero attached hydrogens (tertiary/aromatic N) is 5. The van der Waals surface area contributed by atoms with Gasteiger partial charge in [-0.2, -0.15) is 5.10 Å². The minimum atomic E-state index is -1.14. The average Bonchev–Trinajstić information content (AvgIpc) is 3.51. The molecule has 2 aromatic carbocycles. The summed E-state index contributed by atoms with van der Waals surface area (Å²) in [4.78, 5) is 43.0. The zero-order chi connectivity index (χ0) is 29.4. The van der Waals surface area contributed by atoms with E-state index in [-0.39, 0.29) is 18.3 Å². The summed E-state index contributed by atoms with van der Waals surface area (Å²) in [6, 6.07) is 13.4. The molecule has 1 fully saturated rings. The molecule has 0 aliphatic carbocycles. The van der Waals surface area contributed by atoms with E-state index in [0.717, 1.165) is 66.8 Å². The number of aromatic amines is 1. The Morgan fingerprint density at radius 3 is 2.60 bits per heavy atom. The van der Waals surface area contributed by atoms with E-state index in [1.54, 1.807) is 12.1 Å². The highest BCUT2D eigenvalue weighted by molar-refractivity contribution is 6.42. The number of aromatic nitrogens is 4. The highest BCUT2D eigenvalue weighted by Crippen LogP contribution is 2.34. The number of hydrogen-bond donors (Lipinski definition) is 2. The van der Waals surface area contributed by atoms with Crippen LogP contribution in [-0.4, -0.2) is 67.5 Å². The van der Waals surface area contributed by atoms with E-state index >= 15 is 0 Å². The van der Waals surface area contributed by atoms with Crippen molar-refractivity contribution in [3.8, 4) is 11.3 Å². The lowest BCUT2D eigenvalue weighted by molar-refractivity contribution is 0.118. The number of piperidine rings is 1. The number of amides is 2. The summed E-state index contributed by atoms with van der Waals surface area (Å²) in [7, 11) is 0. The van der Waals surface area contributed by atoms with Gasteiger partial charge in [-0.25, -0.2) is 14.4 Å². The Bertz CT molecular complexity index is 1700. The van der Waals surface area contributed by atoms with Gasteiger partial charge in [-0.05, 0) is 50.1 Å². The van der Waals surface area contributed by atoms with Crippen molar-refractivity contribution in [2.24, 2.45) is 5.73 Å². The zero-order valence-electron chi connectivity index (χ0n) is 22.9. The minimum absolute atomic E-state index is 0.0441. The van der Waals surface area contributed by atoms with Crippen LogP contribution in [0.2, 0.25) is 10.0 Å². The predicted octanol–water partition coefficient (Wildman–Crippen LogP) is 4.80. The van der Waals surface area contributed by atoms with E-state index in [1.165, 1.54) is 4.90 Å². The van der Waals surface area contributed by atoms with Crippen molar-refractivity contribution in [2.75, 3.05) is 26.2 Å². The van der Waals surface area contributed by atoms with Crippen LogP contribution in [0.4, 0.5) is 9.59 Å². The van der Waals surface area contributed by atoms with Crippen LogP contribution in [0.1, 0.15) is 36.6 Å². The lowest BCUT2D eigenvalue weighted by atomic mass is 10.0. The van der Waals surface area contributed by atoms with Crippen LogP contribution in [0, 0.1) is 0 Å². The van der Waals surface area contributed by atoms with Gasteiger partial charge in [-0.15, -0.1) is 0 Å². The molecule has 11 nitrogen and oxygen atoms in total. The molecule has 1 saturated heterocycles. The molecule has 0 saturated carbocycles. The summed E-state index contributed by atoms with van der Waals surface area (Å²) < 4.78 is 8.55. The molecule has 4 aromatic rings.